The van der Waals surface area contributed by atoms with Crippen LogP contribution < -0.4 is 4.90 Å². The highest BCUT2D eigenvalue weighted by Crippen LogP contribution is 2.35. The van der Waals surface area contributed by atoms with Gasteiger partial charge in [-0.05, 0) is 13.5 Å². The standard InChI is InChI=1S/C17H24FN5O2/c1-21-2-4-22(5-3-21)16(24)7-14-6-12-10-23(11-15(12)25-14)17-19-8-13(18)9-20-17/h8-9,12,14-15H,2-7,10-11H2,1H3/t12-,14+,15+/m0/s1. The monoisotopic (exact) mass is 349 g/mol. The minimum Gasteiger partial charge on any atom is -0.372 e. The summed E-state index contributed by atoms with van der Waals surface area (Å²) >= 11 is 0. The molecule has 4 heterocycles. The molecule has 7 nitrogen and oxygen atoms in total. The van der Waals surface area contributed by atoms with Gasteiger partial charge in [0.05, 0.1) is 31.0 Å². The van der Waals surface area contributed by atoms with E-state index in [2.05, 4.69) is 21.9 Å². The van der Waals surface area contributed by atoms with Crippen molar-refractivity contribution in [3.8, 4) is 0 Å². The third-order valence-electron chi connectivity index (χ3n) is 5.46. The normalized spacial score (nSPS) is 29.9. The van der Waals surface area contributed by atoms with Crippen LogP contribution in [0.25, 0.3) is 0 Å². The molecule has 0 bridgehead atoms. The van der Waals surface area contributed by atoms with E-state index in [0.717, 1.165) is 39.1 Å². The average molecular weight is 349 g/mol. The van der Waals surface area contributed by atoms with Gasteiger partial charge in [-0.3, -0.25) is 4.79 Å². The Morgan fingerprint density at radius 1 is 1.24 bits per heavy atom. The lowest BCUT2D eigenvalue weighted by Gasteiger charge is -2.33. The van der Waals surface area contributed by atoms with E-state index in [0.29, 0.717) is 24.8 Å². The molecule has 0 aliphatic carbocycles. The fraction of sp³-hybridized carbons (Fsp3) is 0.706. The van der Waals surface area contributed by atoms with E-state index in [4.69, 9.17) is 4.74 Å². The maximum Gasteiger partial charge on any atom is 0.225 e. The van der Waals surface area contributed by atoms with Crippen LogP contribution in [0.4, 0.5) is 10.3 Å². The second kappa shape index (κ2) is 6.84. The van der Waals surface area contributed by atoms with Crippen LogP contribution in [-0.4, -0.2) is 84.2 Å². The number of aromatic nitrogens is 2. The lowest BCUT2D eigenvalue weighted by molar-refractivity contribution is -0.135. The minimum absolute atomic E-state index is 0.0124. The SMILES string of the molecule is CN1CCN(C(=O)C[C@H]2C[C@H]3CN(c4ncc(F)cn4)C[C@H]3O2)CC1. The molecule has 1 aromatic heterocycles. The zero-order valence-electron chi connectivity index (χ0n) is 14.5. The first-order valence-electron chi connectivity index (χ1n) is 8.93. The van der Waals surface area contributed by atoms with E-state index in [1.807, 2.05) is 9.80 Å². The Labute approximate surface area is 146 Å². The second-order valence-corrected chi connectivity index (χ2v) is 7.29. The molecular weight excluding hydrogens is 325 g/mol. The Bertz CT molecular complexity index is 606. The molecule has 136 valence electrons. The van der Waals surface area contributed by atoms with Crippen molar-refractivity contribution in [2.45, 2.75) is 25.0 Å². The van der Waals surface area contributed by atoms with Crippen molar-refractivity contribution in [1.29, 1.82) is 0 Å². The van der Waals surface area contributed by atoms with Gasteiger partial charge < -0.3 is 19.4 Å². The van der Waals surface area contributed by atoms with E-state index in [1.165, 1.54) is 12.4 Å². The molecule has 3 atom stereocenters. The number of nitrogens with zero attached hydrogens (tertiary/aromatic N) is 5. The van der Waals surface area contributed by atoms with Gasteiger partial charge in [-0.2, -0.15) is 0 Å². The Balaban J connectivity index is 1.28. The molecule has 1 aromatic rings. The zero-order chi connectivity index (χ0) is 17.4. The summed E-state index contributed by atoms with van der Waals surface area (Å²) in [5.41, 5.74) is 0. The molecule has 0 aromatic carbocycles. The van der Waals surface area contributed by atoms with Crippen molar-refractivity contribution in [3.63, 3.8) is 0 Å². The zero-order valence-corrected chi connectivity index (χ0v) is 14.5. The van der Waals surface area contributed by atoms with Crippen molar-refractivity contribution in [1.82, 2.24) is 19.8 Å². The molecule has 0 saturated carbocycles. The highest BCUT2D eigenvalue weighted by molar-refractivity contribution is 5.76. The van der Waals surface area contributed by atoms with Gasteiger partial charge >= 0.3 is 0 Å². The summed E-state index contributed by atoms with van der Waals surface area (Å²) in [6, 6.07) is 0. The number of carbonyl (C=O) groups excluding carboxylic acids is 1. The van der Waals surface area contributed by atoms with Crippen molar-refractivity contribution >= 4 is 11.9 Å². The number of hydrogen-bond acceptors (Lipinski definition) is 6. The molecule has 0 unspecified atom stereocenters. The lowest BCUT2D eigenvalue weighted by Crippen LogP contribution is -2.47. The molecule has 3 aliphatic rings. The van der Waals surface area contributed by atoms with Crippen LogP contribution in [0.15, 0.2) is 12.4 Å². The molecule has 3 aliphatic heterocycles. The summed E-state index contributed by atoms with van der Waals surface area (Å²) in [7, 11) is 2.08. The Morgan fingerprint density at radius 3 is 2.64 bits per heavy atom. The van der Waals surface area contributed by atoms with Crippen LogP contribution in [-0.2, 0) is 9.53 Å². The maximum atomic E-state index is 12.9. The molecule has 0 N–H and O–H groups in total. The number of rotatable bonds is 3. The average Bonchev–Trinajstić information content (AvgIpc) is 3.14. The fourth-order valence-electron chi connectivity index (χ4n) is 4.01. The second-order valence-electron chi connectivity index (χ2n) is 7.29. The van der Waals surface area contributed by atoms with Crippen LogP contribution in [0.5, 0.6) is 0 Å². The minimum atomic E-state index is -0.429. The predicted octanol–water partition coefficient (Wildman–Crippen LogP) is 0.373. The molecule has 0 radical (unpaired) electrons. The highest BCUT2D eigenvalue weighted by Gasteiger charge is 2.43. The van der Waals surface area contributed by atoms with Crippen LogP contribution in [0.1, 0.15) is 12.8 Å². The number of hydrogen-bond donors (Lipinski definition) is 0. The number of amides is 1. The Hall–Kier alpha value is -1.80. The summed E-state index contributed by atoms with van der Waals surface area (Å²) in [5, 5.41) is 0. The van der Waals surface area contributed by atoms with Crippen LogP contribution in [0.3, 0.4) is 0 Å². The number of halogens is 1. The molecule has 25 heavy (non-hydrogen) atoms. The van der Waals surface area contributed by atoms with Gasteiger partial charge in [0.2, 0.25) is 11.9 Å². The van der Waals surface area contributed by atoms with Gasteiger partial charge in [0.25, 0.3) is 0 Å². The van der Waals surface area contributed by atoms with Crippen LogP contribution in [0.2, 0.25) is 0 Å². The van der Waals surface area contributed by atoms with Gasteiger partial charge in [0.1, 0.15) is 0 Å². The number of likely N-dealkylation sites (N-methyl/N-ethyl adjacent to an activating group) is 1. The number of anilines is 1. The number of carbonyl (C=O) groups is 1. The highest BCUT2D eigenvalue weighted by atomic mass is 19.1. The van der Waals surface area contributed by atoms with E-state index in [9.17, 15) is 9.18 Å². The largest absolute Gasteiger partial charge is 0.372 e. The third kappa shape index (κ3) is 3.59. The van der Waals surface area contributed by atoms with Gasteiger partial charge in [0.15, 0.2) is 5.82 Å². The maximum absolute atomic E-state index is 12.9. The first-order valence-corrected chi connectivity index (χ1v) is 8.93. The number of ether oxygens (including phenoxy) is 1. The fourth-order valence-corrected chi connectivity index (χ4v) is 4.01. The van der Waals surface area contributed by atoms with Gasteiger partial charge in [0, 0.05) is 45.2 Å². The predicted molar refractivity (Wildman–Crippen MR) is 89.7 cm³/mol. The van der Waals surface area contributed by atoms with Crippen LogP contribution in [0, 0.1) is 11.7 Å². The number of fused-ring (bicyclic) bond motifs is 1. The lowest BCUT2D eigenvalue weighted by atomic mass is 10.0. The molecule has 1 amide bonds. The van der Waals surface area contributed by atoms with Gasteiger partial charge in [-0.15, -0.1) is 0 Å². The van der Waals surface area contributed by atoms with E-state index in [-0.39, 0.29) is 18.1 Å². The van der Waals surface area contributed by atoms with Gasteiger partial charge in [-0.1, -0.05) is 0 Å². The molecular formula is C17H24FN5O2. The molecule has 0 spiro atoms. The first kappa shape index (κ1) is 16.7. The third-order valence-corrected chi connectivity index (χ3v) is 5.46. The van der Waals surface area contributed by atoms with Crippen LogP contribution >= 0.6 is 0 Å². The molecule has 4 rings (SSSR count). The Kier molecular flexibility index (Phi) is 4.56. The molecule has 3 saturated heterocycles. The van der Waals surface area contributed by atoms with Crippen molar-refractivity contribution < 1.29 is 13.9 Å². The first-order chi connectivity index (χ1) is 12.1. The topological polar surface area (TPSA) is 61.8 Å². The quantitative estimate of drug-likeness (QED) is 0.786. The van der Waals surface area contributed by atoms with Crippen molar-refractivity contribution in [2.75, 3.05) is 51.2 Å². The summed E-state index contributed by atoms with van der Waals surface area (Å²) in [4.78, 5) is 26.8. The molecule has 8 heteroatoms. The Morgan fingerprint density at radius 2 is 1.96 bits per heavy atom. The molecule has 3 fully saturated rings. The van der Waals surface area contributed by atoms with Crippen molar-refractivity contribution in [3.05, 3.63) is 18.2 Å². The van der Waals surface area contributed by atoms with Crippen molar-refractivity contribution in [2.24, 2.45) is 5.92 Å². The van der Waals surface area contributed by atoms with E-state index >= 15 is 0 Å². The number of piperazine rings is 1. The summed E-state index contributed by atoms with van der Waals surface area (Å²) in [6.07, 6.45) is 3.87. The summed E-state index contributed by atoms with van der Waals surface area (Å²) < 4.78 is 19.1. The van der Waals surface area contributed by atoms with E-state index < -0.39 is 5.82 Å². The summed E-state index contributed by atoms with van der Waals surface area (Å²) in [6.45, 7) is 5.00. The van der Waals surface area contributed by atoms with Gasteiger partial charge in [-0.25, -0.2) is 14.4 Å². The smallest absolute Gasteiger partial charge is 0.225 e. The summed E-state index contributed by atoms with van der Waals surface area (Å²) in [5.74, 6) is 0.710. The van der Waals surface area contributed by atoms with E-state index in [1.54, 1.807) is 0 Å².